The minimum atomic E-state index is 0.387. The quantitative estimate of drug-likeness (QED) is 0.171. The first-order chi connectivity index (χ1) is 20.5. The normalized spacial score (nSPS) is 11.7. The molecule has 0 aliphatic heterocycles. The summed E-state index contributed by atoms with van der Waals surface area (Å²) in [5.41, 5.74) is 10.7. The van der Waals surface area contributed by atoms with Gasteiger partial charge in [0, 0.05) is 16.8 Å². The number of ether oxygens (including phenoxy) is 1. The second kappa shape index (κ2) is 12.8. The molecule has 0 saturated carbocycles. The molecule has 0 fully saturated rings. The predicted octanol–water partition coefficient (Wildman–Crippen LogP) is 12.1. The monoisotopic (exact) mass is 590 g/mol. The van der Waals surface area contributed by atoms with E-state index in [2.05, 4.69) is 115 Å². The van der Waals surface area contributed by atoms with Crippen molar-refractivity contribution in [2.24, 2.45) is 0 Å². The van der Waals surface area contributed by atoms with Gasteiger partial charge in [-0.15, -0.1) is 0 Å². The van der Waals surface area contributed by atoms with E-state index in [4.69, 9.17) is 21.3 Å². The molecule has 0 aliphatic carbocycles. The molecular weight excluding hydrogens is 548 g/mol. The highest BCUT2D eigenvalue weighted by atomic mass is 35.5. The molecule has 0 spiro atoms. The Labute approximate surface area is 262 Å². The molecule has 43 heavy (non-hydrogen) atoms. The van der Waals surface area contributed by atoms with Gasteiger partial charge < -0.3 is 9.30 Å². The third-order valence-corrected chi connectivity index (χ3v) is 8.30. The lowest BCUT2D eigenvalue weighted by Gasteiger charge is -2.20. The molecule has 0 amide bonds. The van der Waals surface area contributed by atoms with E-state index < -0.39 is 0 Å². The van der Waals surface area contributed by atoms with E-state index >= 15 is 0 Å². The van der Waals surface area contributed by atoms with E-state index in [9.17, 15) is 0 Å². The summed E-state index contributed by atoms with van der Waals surface area (Å²) in [6.45, 7) is 17.9. The number of halogens is 1. The largest absolute Gasteiger partial charge is 0.457 e. The van der Waals surface area contributed by atoms with Crippen LogP contribution in [0.5, 0.6) is 11.5 Å². The van der Waals surface area contributed by atoms with Gasteiger partial charge in [-0.25, -0.2) is 4.98 Å². The van der Waals surface area contributed by atoms with E-state index in [-0.39, 0.29) is 0 Å². The fourth-order valence-corrected chi connectivity index (χ4v) is 6.13. The zero-order valence-corrected chi connectivity index (χ0v) is 27.4. The molecule has 222 valence electrons. The van der Waals surface area contributed by atoms with Gasteiger partial charge in [0.15, 0.2) is 0 Å². The standard InChI is InChI=1S/C39H43ClN2O/c1-24(2)33-14-10-15-34(25(3)4)38(33)29-18-30(40)21-32(20-29)43-31-13-9-12-28(19-31)37-22-42(23-41-37)39-35(26(5)6)16-11-17-36(39)27(7)8/h9-27H,1-8H3. The second-order valence-corrected chi connectivity index (χ2v) is 13.1. The van der Waals surface area contributed by atoms with Crippen molar-refractivity contribution in [3.8, 4) is 39.6 Å². The molecule has 0 radical (unpaired) electrons. The average molecular weight is 591 g/mol. The van der Waals surface area contributed by atoms with Crippen LogP contribution in [0.15, 0.2) is 91.4 Å². The number of nitrogens with zero attached hydrogens (tertiary/aromatic N) is 2. The Bertz CT molecular complexity index is 1680. The first kappa shape index (κ1) is 30.6. The van der Waals surface area contributed by atoms with Crippen molar-refractivity contribution in [1.29, 1.82) is 0 Å². The Morgan fingerprint density at radius 1 is 0.605 bits per heavy atom. The highest BCUT2D eigenvalue weighted by molar-refractivity contribution is 6.31. The zero-order chi connectivity index (χ0) is 30.8. The van der Waals surface area contributed by atoms with Gasteiger partial charge in [-0.1, -0.05) is 116 Å². The Hall–Kier alpha value is -3.82. The highest BCUT2D eigenvalue weighted by Gasteiger charge is 2.18. The predicted molar refractivity (Wildman–Crippen MR) is 182 cm³/mol. The van der Waals surface area contributed by atoms with Crippen molar-refractivity contribution < 1.29 is 4.74 Å². The molecule has 4 aromatic carbocycles. The van der Waals surface area contributed by atoms with Gasteiger partial charge in [0.25, 0.3) is 0 Å². The van der Waals surface area contributed by atoms with E-state index in [1.807, 2.05) is 36.7 Å². The summed E-state index contributed by atoms with van der Waals surface area (Å²) in [5, 5.41) is 0.653. The van der Waals surface area contributed by atoms with Crippen LogP contribution in [0, 0.1) is 0 Å². The van der Waals surface area contributed by atoms with Gasteiger partial charge in [-0.2, -0.15) is 0 Å². The van der Waals surface area contributed by atoms with Crippen molar-refractivity contribution in [3.05, 3.63) is 119 Å². The summed E-state index contributed by atoms with van der Waals surface area (Å²) in [5.74, 6) is 3.04. The highest BCUT2D eigenvalue weighted by Crippen LogP contribution is 2.40. The molecule has 0 saturated heterocycles. The summed E-state index contributed by atoms with van der Waals surface area (Å²) >= 11 is 6.70. The number of aromatic nitrogens is 2. The molecule has 3 nitrogen and oxygen atoms in total. The molecular formula is C39H43ClN2O. The Morgan fingerprint density at radius 3 is 1.72 bits per heavy atom. The van der Waals surface area contributed by atoms with Crippen LogP contribution in [0.3, 0.4) is 0 Å². The number of benzene rings is 4. The van der Waals surface area contributed by atoms with Gasteiger partial charge in [0.2, 0.25) is 0 Å². The lowest BCUT2D eigenvalue weighted by molar-refractivity contribution is 0.483. The Balaban J connectivity index is 1.49. The molecule has 0 bridgehead atoms. The number of rotatable bonds is 9. The third-order valence-electron chi connectivity index (χ3n) is 8.08. The topological polar surface area (TPSA) is 27.1 Å². The van der Waals surface area contributed by atoms with Crippen LogP contribution in [0.4, 0.5) is 0 Å². The van der Waals surface area contributed by atoms with Crippen molar-refractivity contribution in [2.45, 2.75) is 79.1 Å². The molecule has 0 aliphatic rings. The first-order valence-electron chi connectivity index (χ1n) is 15.4. The molecule has 1 heterocycles. The summed E-state index contributed by atoms with van der Waals surface area (Å²) in [7, 11) is 0. The van der Waals surface area contributed by atoms with Crippen LogP contribution in [0.25, 0.3) is 28.1 Å². The average Bonchev–Trinajstić information content (AvgIpc) is 3.46. The number of hydrogen-bond donors (Lipinski definition) is 0. The summed E-state index contributed by atoms with van der Waals surface area (Å²) < 4.78 is 8.63. The van der Waals surface area contributed by atoms with E-state index in [0.29, 0.717) is 34.4 Å². The van der Waals surface area contributed by atoms with Crippen molar-refractivity contribution in [3.63, 3.8) is 0 Å². The number of imidazole rings is 1. The molecule has 4 heteroatoms. The van der Waals surface area contributed by atoms with Crippen LogP contribution >= 0.6 is 11.6 Å². The first-order valence-corrected chi connectivity index (χ1v) is 15.8. The molecule has 1 aromatic heterocycles. The van der Waals surface area contributed by atoms with Gasteiger partial charge in [0.1, 0.15) is 11.5 Å². The SMILES string of the molecule is CC(C)c1cccc(C(C)C)c1-c1cc(Cl)cc(Oc2cccc(-c3cn(-c4c(C(C)C)cccc4C(C)C)cn3)c2)c1. The fraction of sp³-hybridized carbons (Fsp3) is 0.308. The Kier molecular flexibility index (Phi) is 9.13. The smallest absolute Gasteiger partial charge is 0.129 e. The summed E-state index contributed by atoms with van der Waals surface area (Å²) in [6.07, 6.45) is 4.05. The lowest BCUT2D eigenvalue weighted by Crippen LogP contribution is -2.05. The maximum atomic E-state index is 6.70. The van der Waals surface area contributed by atoms with Gasteiger partial charge in [0.05, 0.1) is 17.7 Å². The van der Waals surface area contributed by atoms with Crippen LogP contribution in [0.1, 0.15) is 101 Å². The second-order valence-electron chi connectivity index (χ2n) is 12.7. The maximum Gasteiger partial charge on any atom is 0.129 e. The van der Waals surface area contributed by atoms with Crippen molar-refractivity contribution >= 4 is 11.6 Å². The van der Waals surface area contributed by atoms with E-state index in [1.54, 1.807) is 0 Å². The molecule has 0 atom stereocenters. The molecule has 5 rings (SSSR count). The van der Waals surface area contributed by atoms with Crippen LogP contribution in [0.2, 0.25) is 5.02 Å². The van der Waals surface area contributed by atoms with Crippen molar-refractivity contribution in [1.82, 2.24) is 9.55 Å². The van der Waals surface area contributed by atoms with E-state index in [0.717, 1.165) is 22.6 Å². The van der Waals surface area contributed by atoms with Crippen LogP contribution in [-0.4, -0.2) is 9.55 Å². The fourth-order valence-electron chi connectivity index (χ4n) is 5.91. The molecule has 0 N–H and O–H groups in total. The lowest BCUT2D eigenvalue weighted by atomic mass is 9.85. The van der Waals surface area contributed by atoms with Gasteiger partial charge in [-0.05, 0) is 87.4 Å². The van der Waals surface area contributed by atoms with Crippen LogP contribution in [-0.2, 0) is 0 Å². The van der Waals surface area contributed by atoms with Gasteiger partial charge >= 0.3 is 0 Å². The third kappa shape index (κ3) is 6.58. The minimum Gasteiger partial charge on any atom is -0.457 e. The van der Waals surface area contributed by atoms with Crippen molar-refractivity contribution in [2.75, 3.05) is 0 Å². The Morgan fingerprint density at radius 2 is 1.14 bits per heavy atom. The zero-order valence-electron chi connectivity index (χ0n) is 26.7. The summed E-state index contributed by atoms with van der Waals surface area (Å²) in [6, 6.07) is 27.4. The number of para-hydroxylation sites is 1. The number of hydrogen-bond acceptors (Lipinski definition) is 2. The minimum absolute atomic E-state index is 0.387. The molecule has 0 unspecified atom stereocenters. The maximum absolute atomic E-state index is 6.70. The van der Waals surface area contributed by atoms with Crippen LogP contribution < -0.4 is 4.74 Å². The van der Waals surface area contributed by atoms with Gasteiger partial charge in [-0.3, -0.25) is 0 Å². The molecule has 5 aromatic rings. The van der Waals surface area contributed by atoms with E-state index in [1.165, 1.54) is 33.5 Å². The summed E-state index contributed by atoms with van der Waals surface area (Å²) in [4.78, 5) is 4.82.